The number of hydrogen-bond acceptors (Lipinski definition) is 4. The van der Waals surface area contributed by atoms with Gasteiger partial charge in [0.15, 0.2) is 0 Å². The van der Waals surface area contributed by atoms with Crippen LogP contribution < -0.4 is 4.74 Å². The van der Waals surface area contributed by atoms with Gasteiger partial charge in [-0.25, -0.2) is 4.98 Å². The SMILES string of the molecule is CC(O)c1ccc2c(c1)C(O)c1cccnc1O2. The Morgan fingerprint density at radius 2 is 2.11 bits per heavy atom. The van der Waals surface area contributed by atoms with Crippen LogP contribution in [0.5, 0.6) is 11.6 Å². The molecule has 2 N–H and O–H groups in total. The molecule has 0 saturated heterocycles. The second-order valence-corrected chi connectivity index (χ2v) is 4.38. The number of pyridine rings is 1. The van der Waals surface area contributed by atoms with Crippen LogP contribution in [0.15, 0.2) is 36.5 Å². The third-order valence-electron chi connectivity index (χ3n) is 3.11. The molecule has 0 aliphatic carbocycles. The van der Waals surface area contributed by atoms with E-state index in [9.17, 15) is 10.2 Å². The van der Waals surface area contributed by atoms with Crippen LogP contribution in [0.1, 0.15) is 35.8 Å². The molecule has 0 fully saturated rings. The number of rotatable bonds is 1. The van der Waals surface area contributed by atoms with Crippen molar-refractivity contribution in [2.75, 3.05) is 0 Å². The van der Waals surface area contributed by atoms with E-state index in [1.165, 1.54) is 0 Å². The normalized spacial score (nSPS) is 18.5. The van der Waals surface area contributed by atoms with Gasteiger partial charge in [0.25, 0.3) is 0 Å². The van der Waals surface area contributed by atoms with Crippen molar-refractivity contribution in [3.05, 3.63) is 53.2 Å². The number of nitrogens with zero attached hydrogens (tertiary/aromatic N) is 1. The van der Waals surface area contributed by atoms with Gasteiger partial charge in [-0.05, 0) is 36.8 Å². The lowest BCUT2D eigenvalue weighted by molar-refractivity contribution is 0.192. The predicted octanol–water partition coefficient (Wildman–Crippen LogP) is 2.32. The molecule has 2 atom stereocenters. The standard InChI is InChI=1S/C14H13NO3/c1-8(16)9-4-5-12-11(7-9)13(17)10-3-2-6-15-14(10)18-12/h2-8,13,16-17H,1H3. The molecular formula is C14H13NO3. The molecule has 0 spiro atoms. The Labute approximate surface area is 104 Å². The molecule has 2 unspecified atom stereocenters. The summed E-state index contributed by atoms with van der Waals surface area (Å²) in [5, 5.41) is 19.9. The van der Waals surface area contributed by atoms with E-state index in [1.54, 1.807) is 43.5 Å². The molecule has 1 aromatic heterocycles. The first-order valence-corrected chi connectivity index (χ1v) is 5.79. The highest BCUT2D eigenvalue weighted by Gasteiger charge is 2.26. The molecule has 1 aromatic carbocycles. The maximum atomic E-state index is 10.3. The van der Waals surface area contributed by atoms with Crippen molar-refractivity contribution in [2.45, 2.75) is 19.1 Å². The van der Waals surface area contributed by atoms with Gasteiger partial charge in [0.1, 0.15) is 11.9 Å². The average Bonchev–Trinajstić information content (AvgIpc) is 2.38. The lowest BCUT2D eigenvalue weighted by atomic mass is 9.96. The minimum Gasteiger partial charge on any atom is -0.438 e. The predicted molar refractivity (Wildman–Crippen MR) is 65.4 cm³/mol. The van der Waals surface area contributed by atoms with E-state index < -0.39 is 12.2 Å². The Hall–Kier alpha value is -1.91. The van der Waals surface area contributed by atoms with E-state index in [0.29, 0.717) is 22.8 Å². The summed E-state index contributed by atoms with van der Waals surface area (Å²) >= 11 is 0. The van der Waals surface area contributed by atoms with Crippen LogP contribution in [-0.4, -0.2) is 15.2 Å². The van der Waals surface area contributed by atoms with Crippen molar-refractivity contribution in [3.8, 4) is 11.6 Å². The zero-order valence-corrected chi connectivity index (χ0v) is 9.87. The smallest absolute Gasteiger partial charge is 0.225 e. The molecule has 1 aliphatic heterocycles. The lowest BCUT2D eigenvalue weighted by Gasteiger charge is -2.24. The third kappa shape index (κ3) is 1.66. The molecule has 2 heterocycles. The van der Waals surface area contributed by atoms with Gasteiger partial charge in [-0.1, -0.05) is 6.07 Å². The van der Waals surface area contributed by atoms with E-state index in [4.69, 9.17) is 4.74 Å². The van der Waals surface area contributed by atoms with E-state index in [-0.39, 0.29) is 0 Å². The summed E-state index contributed by atoms with van der Waals surface area (Å²) in [6.07, 6.45) is 0.287. The van der Waals surface area contributed by atoms with Crippen LogP contribution in [0.2, 0.25) is 0 Å². The molecule has 0 saturated carbocycles. The summed E-state index contributed by atoms with van der Waals surface area (Å²) in [6.45, 7) is 1.69. The van der Waals surface area contributed by atoms with Gasteiger partial charge in [-0.3, -0.25) is 0 Å². The number of hydrogen-bond donors (Lipinski definition) is 2. The molecule has 0 radical (unpaired) electrons. The van der Waals surface area contributed by atoms with E-state index >= 15 is 0 Å². The number of aliphatic hydroxyl groups excluding tert-OH is 2. The molecule has 3 rings (SSSR count). The highest BCUT2D eigenvalue weighted by atomic mass is 16.5. The Morgan fingerprint density at radius 3 is 2.89 bits per heavy atom. The number of aliphatic hydroxyl groups is 2. The Bertz CT molecular complexity index is 595. The second kappa shape index (κ2) is 4.08. The zero-order valence-electron chi connectivity index (χ0n) is 9.87. The molecule has 18 heavy (non-hydrogen) atoms. The minimum absolute atomic E-state index is 0.433. The molecule has 0 amide bonds. The van der Waals surface area contributed by atoms with E-state index in [1.807, 2.05) is 0 Å². The van der Waals surface area contributed by atoms with Crippen molar-refractivity contribution < 1.29 is 14.9 Å². The van der Waals surface area contributed by atoms with E-state index in [2.05, 4.69) is 4.98 Å². The largest absolute Gasteiger partial charge is 0.438 e. The van der Waals surface area contributed by atoms with Gasteiger partial charge < -0.3 is 14.9 Å². The van der Waals surface area contributed by atoms with Crippen LogP contribution in [0.25, 0.3) is 0 Å². The summed E-state index contributed by atoms with van der Waals surface area (Å²) < 4.78 is 5.63. The maximum Gasteiger partial charge on any atom is 0.225 e. The summed E-state index contributed by atoms with van der Waals surface area (Å²) in [4.78, 5) is 4.09. The summed E-state index contributed by atoms with van der Waals surface area (Å²) in [7, 11) is 0. The van der Waals surface area contributed by atoms with Gasteiger partial charge in [0.05, 0.1) is 6.10 Å². The number of ether oxygens (including phenoxy) is 1. The first kappa shape index (κ1) is 11.2. The zero-order chi connectivity index (χ0) is 12.7. The summed E-state index contributed by atoms with van der Waals surface area (Å²) in [5.41, 5.74) is 2.06. The monoisotopic (exact) mass is 243 g/mol. The Morgan fingerprint density at radius 1 is 1.28 bits per heavy atom. The summed E-state index contributed by atoms with van der Waals surface area (Å²) in [6, 6.07) is 8.84. The van der Waals surface area contributed by atoms with Gasteiger partial charge >= 0.3 is 0 Å². The topological polar surface area (TPSA) is 62.6 Å². The van der Waals surface area contributed by atoms with Crippen molar-refractivity contribution >= 4 is 0 Å². The molecule has 1 aliphatic rings. The van der Waals surface area contributed by atoms with Crippen LogP contribution in [0.4, 0.5) is 0 Å². The van der Waals surface area contributed by atoms with Gasteiger partial charge in [-0.15, -0.1) is 0 Å². The first-order chi connectivity index (χ1) is 8.66. The molecular weight excluding hydrogens is 230 g/mol. The van der Waals surface area contributed by atoms with Crippen molar-refractivity contribution in [1.82, 2.24) is 4.98 Å². The Balaban J connectivity index is 2.11. The van der Waals surface area contributed by atoms with E-state index in [0.717, 1.165) is 5.56 Å². The van der Waals surface area contributed by atoms with Gasteiger partial charge in [0.2, 0.25) is 5.88 Å². The highest BCUT2D eigenvalue weighted by molar-refractivity contribution is 5.50. The molecule has 92 valence electrons. The highest BCUT2D eigenvalue weighted by Crippen LogP contribution is 2.42. The maximum absolute atomic E-state index is 10.3. The van der Waals surface area contributed by atoms with Crippen LogP contribution in [0, 0.1) is 0 Å². The minimum atomic E-state index is -0.767. The number of fused-ring (bicyclic) bond motifs is 2. The molecule has 4 nitrogen and oxygen atoms in total. The average molecular weight is 243 g/mol. The number of aromatic nitrogens is 1. The first-order valence-electron chi connectivity index (χ1n) is 5.79. The second-order valence-electron chi connectivity index (χ2n) is 4.38. The van der Waals surface area contributed by atoms with Crippen molar-refractivity contribution in [1.29, 1.82) is 0 Å². The fourth-order valence-electron chi connectivity index (χ4n) is 2.10. The lowest BCUT2D eigenvalue weighted by Crippen LogP contribution is -2.11. The Kier molecular flexibility index (Phi) is 2.54. The quantitative estimate of drug-likeness (QED) is 0.806. The van der Waals surface area contributed by atoms with Crippen LogP contribution in [-0.2, 0) is 0 Å². The fourth-order valence-corrected chi connectivity index (χ4v) is 2.10. The molecule has 4 heteroatoms. The van der Waals surface area contributed by atoms with Crippen LogP contribution >= 0.6 is 0 Å². The van der Waals surface area contributed by atoms with Gasteiger partial charge in [-0.2, -0.15) is 0 Å². The van der Waals surface area contributed by atoms with Gasteiger partial charge in [0, 0.05) is 17.3 Å². The number of benzene rings is 1. The third-order valence-corrected chi connectivity index (χ3v) is 3.11. The van der Waals surface area contributed by atoms with Crippen LogP contribution in [0.3, 0.4) is 0 Å². The molecule has 2 aromatic rings. The fraction of sp³-hybridized carbons (Fsp3) is 0.214. The van der Waals surface area contributed by atoms with Crippen molar-refractivity contribution in [3.63, 3.8) is 0 Å². The molecule has 0 bridgehead atoms. The van der Waals surface area contributed by atoms with Crippen molar-refractivity contribution in [2.24, 2.45) is 0 Å². The summed E-state index contributed by atoms with van der Waals surface area (Å²) in [5.74, 6) is 1.01.